The molecule has 2 heterocycles. The minimum Gasteiger partial charge on any atom is -0.456 e. The van der Waals surface area contributed by atoms with Crippen LogP contribution in [-0.4, -0.2) is 58.0 Å². The van der Waals surface area contributed by atoms with Crippen LogP contribution < -0.4 is 21.9 Å². The quantitative estimate of drug-likeness (QED) is 0.282. The van der Waals surface area contributed by atoms with E-state index in [4.69, 9.17) is 10.5 Å². The summed E-state index contributed by atoms with van der Waals surface area (Å²) in [6.45, 7) is 6.88. The zero-order valence-corrected chi connectivity index (χ0v) is 22.6. The monoisotopic (exact) mass is 521 g/mol. The molecule has 11 heteroatoms. The first-order valence-corrected chi connectivity index (χ1v) is 13.6. The number of aromatic nitrogens is 2. The second-order valence-corrected chi connectivity index (χ2v) is 9.56. The number of ether oxygens (including phenoxy) is 1. The van der Waals surface area contributed by atoms with Crippen molar-refractivity contribution in [1.82, 2.24) is 14.5 Å². The third-order valence-corrected chi connectivity index (χ3v) is 6.82. The first-order valence-electron chi connectivity index (χ1n) is 13.6. The topological polar surface area (TPSA) is 148 Å². The fraction of sp³-hybridized carbons (Fsp3) is 0.731. The van der Waals surface area contributed by atoms with E-state index >= 15 is 0 Å². The highest BCUT2D eigenvalue weighted by Crippen LogP contribution is 2.21. The van der Waals surface area contributed by atoms with E-state index in [0.29, 0.717) is 25.9 Å². The number of piperidine rings is 1. The minimum atomic E-state index is -0.736. The van der Waals surface area contributed by atoms with Gasteiger partial charge in [0.2, 0.25) is 5.91 Å². The largest absolute Gasteiger partial charge is 0.456 e. The lowest BCUT2D eigenvalue weighted by atomic mass is 10.00. The number of hydrogen-bond acceptors (Lipinski definition) is 7. The van der Waals surface area contributed by atoms with Crippen LogP contribution in [0.25, 0.3) is 0 Å². The number of nitrogens with two attached hydrogens (primary N) is 1. The summed E-state index contributed by atoms with van der Waals surface area (Å²) in [5, 5.41) is 0. The van der Waals surface area contributed by atoms with Crippen LogP contribution in [0, 0.1) is 0 Å². The van der Waals surface area contributed by atoms with Gasteiger partial charge in [-0.15, -0.1) is 0 Å². The molecule has 1 aromatic heterocycles. The van der Waals surface area contributed by atoms with E-state index in [2.05, 4.69) is 4.98 Å². The van der Waals surface area contributed by atoms with Gasteiger partial charge in [-0.3, -0.25) is 28.7 Å². The Kier molecular flexibility index (Phi) is 12.4. The van der Waals surface area contributed by atoms with Crippen molar-refractivity contribution in [2.24, 2.45) is 0 Å². The molecule has 1 atom stereocenters. The summed E-state index contributed by atoms with van der Waals surface area (Å²) < 4.78 is 6.44. The van der Waals surface area contributed by atoms with Crippen molar-refractivity contribution in [1.29, 1.82) is 0 Å². The second kappa shape index (κ2) is 15.2. The Labute approximate surface area is 218 Å². The Morgan fingerprint density at radius 3 is 2.46 bits per heavy atom. The van der Waals surface area contributed by atoms with Crippen LogP contribution in [0.1, 0.15) is 91.4 Å². The van der Waals surface area contributed by atoms with E-state index < -0.39 is 23.1 Å². The van der Waals surface area contributed by atoms with Crippen molar-refractivity contribution >= 4 is 29.3 Å². The van der Waals surface area contributed by atoms with Gasteiger partial charge in [0, 0.05) is 32.1 Å². The first-order chi connectivity index (χ1) is 17.7. The number of nitrogen functional groups attached to an aromatic ring is 1. The first kappa shape index (κ1) is 30.1. The molecule has 1 aliphatic heterocycles. The summed E-state index contributed by atoms with van der Waals surface area (Å²) >= 11 is 0. The van der Waals surface area contributed by atoms with Crippen molar-refractivity contribution in [3.8, 4) is 0 Å². The summed E-state index contributed by atoms with van der Waals surface area (Å²) in [5.41, 5.74) is 4.79. The molecule has 2 rings (SSSR count). The van der Waals surface area contributed by atoms with Crippen LogP contribution >= 0.6 is 0 Å². The third kappa shape index (κ3) is 8.46. The molecule has 208 valence electrons. The number of unbranched alkanes of at least 4 members (excludes halogenated alkanes) is 3. The smallest absolute Gasteiger partial charge is 0.330 e. The van der Waals surface area contributed by atoms with Gasteiger partial charge >= 0.3 is 11.7 Å². The average molecular weight is 522 g/mol. The maximum atomic E-state index is 13.2. The molecule has 1 saturated heterocycles. The molecular formula is C26H43N5O6. The molecule has 1 fully saturated rings. The van der Waals surface area contributed by atoms with Crippen molar-refractivity contribution in [3.63, 3.8) is 0 Å². The van der Waals surface area contributed by atoms with Crippen molar-refractivity contribution in [3.05, 3.63) is 20.8 Å². The van der Waals surface area contributed by atoms with E-state index in [1.807, 2.05) is 20.8 Å². The number of nitrogens with zero attached hydrogens (tertiary/aromatic N) is 3. The number of esters is 1. The Morgan fingerprint density at radius 2 is 1.78 bits per heavy atom. The molecule has 1 aromatic rings. The molecule has 0 radical (unpaired) electrons. The van der Waals surface area contributed by atoms with Crippen LogP contribution in [0.2, 0.25) is 0 Å². The molecule has 1 unspecified atom stereocenters. The maximum absolute atomic E-state index is 13.2. The van der Waals surface area contributed by atoms with Crippen LogP contribution in [0.15, 0.2) is 9.59 Å². The number of aromatic amines is 1. The number of H-pyrrole nitrogens is 1. The van der Waals surface area contributed by atoms with Gasteiger partial charge < -0.3 is 20.3 Å². The lowest BCUT2D eigenvalue weighted by Gasteiger charge is -2.35. The molecular weight excluding hydrogens is 478 g/mol. The Hall–Kier alpha value is -3.11. The van der Waals surface area contributed by atoms with Crippen LogP contribution in [0.3, 0.4) is 0 Å². The normalized spacial score (nSPS) is 15.4. The number of carbonyl (C=O) groups excluding carboxylic acids is 3. The van der Waals surface area contributed by atoms with E-state index in [9.17, 15) is 24.0 Å². The van der Waals surface area contributed by atoms with Crippen LogP contribution in [-0.2, 0) is 25.7 Å². The lowest BCUT2D eigenvalue weighted by Crippen LogP contribution is -2.45. The van der Waals surface area contributed by atoms with Gasteiger partial charge in [-0.1, -0.05) is 40.0 Å². The number of nitrogens with one attached hydrogen (secondary N) is 1. The Balaban J connectivity index is 2.08. The van der Waals surface area contributed by atoms with E-state index in [-0.39, 0.29) is 49.4 Å². The fourth-order valence-electron chi connectivity index (χ4n) is 4.65. The second-order valence-electron chi connectivity index (χ2n) is 9.56. The minimum absolute atomic E-state index is 0.0627. The zero-order chi connectivity index (χ0) is 27.4. The van der Waals surface area contributed by atoms with Gasteiger partial charge in [0.25, 0.3) is 11.5 Å². The number of rotatable bonds is 14. The van der Waals surface area contributed by atoms with E-state index in [1.165, 1.54) is 9.47 Å². The van der Waals surface area contributed by atoms with Gasteiger partial charge in [-0.25, -0.2) is 4.79 Å². The van der Waals surface area contributed by atoms with Gasteiger partial charge in [0.05, 0.1) is 6.42 Å². The standard InChI is InChI=1S/C26H43N5O6/c1-4-7-10-17-30(23-24(27)31(15-8-5-2)26(36)28-25(23)35)20(32)13-14-22(34)37-18-21(33)29-16-11-9-12-19(29)6-3/h19H,4-18,27H2,1-3H3,(H,28,35,36). The van der Waals surface area contributed by atoms with E-state index in [0.717, 1.165) is 44.9 Å². The fourth-order valence-corrected chi connectivity index (χ4v) is 4.65. The Bertz CT molecular complexity index is 1030. The van der Waals surface area contributed by atoms with Crippen molar-refractivity contribution in [2.75, 3.05) is 30.3 Å². The van der Waals surface area contributed by atoms with Gasteiger partial charge in [0.15, 0.2) is 12.3 Å². The highest BCUT2D eigenvalue weighted by atomic mass is 16.5. The summed E-state index contributed by atoms with van der Waals surface area (Å²) in [7, 11) is 0. The van der Waals surface area contributed by atoms with Crippen molar-refractivity contribution < 1.29 is 19.1 Å². The molecule has 37 heavy (non-hydrogen) atoms. The molecule has 2 amide bonds. The number of hydrogen-bond donors (Lipinski definition) is 2. The highest BCUT2D eigenvalue weighted by molar-refractivity contribution is 5.97. The van der Waals surface area contributed by atoms with Crippen LogP contribution in [0.4, 0.5) is 11.5 Å². The average Bonchev–Trinajstić information content (AvgIpc) is 2.89. The number of amides is 2. The predicted molar refractivity (Wildman–Crippen MR) is 142 cm³/mol. The zero-order valence-electron chi connectivity index (χ0n) is 22.6. The highest BCUT2D eigenvalue weighted by Gasteiger charge is 2.27. The molecule has 11 nitrogen and oxygen atoms in total. The van der Waals surface area contributed by atoms with Crippen molar-refractivity contribution in [2.45, 2.75) is 104 Å². The summed E-state index contributed by atoms with van der Waals surface area (Å²) in [6.07, 6.45) is 7.24. The number of anilines is 2. The van der Waals surface area contributed by atoms with E-state index in [1.54, 1.807) is 4.90 Å². The molecule has 0 aromatic carbocycles. The molecule has 3 N–H and O–H groups in total. The summed E-state index contributed by atoms with van der Waals surface area (Å²) in [5.74, 6) is -1.41. The summed E-state index contributed by atoms with van der Waals surface area (Å²) in [6, 6.07) is 0.169. The molecule has 0 spiro atoms. The number of likely N-dealkylation sites (tertiary alicyclic amines) is 1. The number of carbonyl (C=O) groups is 3. The Morgan fingerprint density at radius 1 is 1.05 bits per heavy atom. The summed E-state index contributed by atoms with van der Waals surface area (Å²) in [4.78, 5) is 68.4. The molecule has 0 aliphatic carbocycles. The molecule has 0 saturated carbocycles. The SMILES string of the molecule is CCCCCN(C(=O)CCC(=O)OCC(=O)N1CCCCC1CC)c1c(N)n(CCCC)c(=O)[nH]c1=O. The van der Waals surface area contributed by atoms with Gasteiger partial charge in [-0.05, 0) is 38.5 Å². The van der Waals surface area contributed by atoms with Gasteiger partial charge in [0.1, 0.15) is 5.82 Å². The molecule has 0 bridgehead atoms. The third-order valence-electron chi connectivity index (χ3n) is 6.82. The maximum Gasteiger partial charge on any atom is 0.330 e. The van der Waals surface area contributed by atoms with Gasteiger partial charge in [-0.2, -0.15) is 0 Å². The predicted octanol–water partition coefficient (Wildman–Crippen LogP) is 2.56. The molecule has 1 aliphatic rings. The lowest BCUT2D eigenvalue weighted by molar-refractivity contribution is -0.154. The van der Waals surface area contributed by atoms with Crippen LogP contribution in [0.5, 0.6) is 0 Å².